The van der Waals surface area contributed by atoms with Crippen LogP contribution in [0.1, 0.15) is 22.5 Å². The molecule has 0 aliphatic heterocycles. The van der Waals surface area contributed by atoms with Crippen LogP contribution in [-0.2, 0) is 20.9 Å². The summed E-state index contributed by atoms with van der Waals surface area (Å²) in [6.07, 6.45) is 2.96. The number of aryl methyl sites for hydroxylation is 1. The van der Waals surface area contributed by atoms with E-state index in [9.17, 15) is 9.59 Å². The maximum atomic E-state index is 12.1. The van der Waals surface area contributed by atoms with Gasteiger partial charge in [-0.15, -0.1) is 0 Å². The summed E-state index contributed by atoms with van der Waals surface area (Å²) in [5.74, 6) is -0.305. The minimum absolute atomic E-state index is 0.285. The van der Waals surface area contributed by atoms with E-state index in [-0.39, 0.29) is 13.2 Å². The largest absolute Gasteiger partial charge is 0.496 e. The summed E-state index contributed by atoms with van der Waals surface area (Å²) in [6.45, 7) is 3.74. The average Bonchev–Trinajstić information content (AvgIpc) is 3.08. The fraction of sp³-hybridized carbons (Fsp3) is 0.208. The summed E-state index contributed by atoms with van der Waals surface area (Å²) >= 11 is 0. The van der Waals surface area contributed by atoms with Crippen LogP contribution in [0, 0.1) is 13.8 Å². The molecule has 160 valence electrons. The molecule has 3 rings (SSSR count). The molecular formula is C24H25N3O4. The molecule has 0 spiro atoms. The first-order chi connectivity index (χ1) is 15.0. The van der Waals surface area contributed by atoms with Gasteiger partial charge in [-0.1, -0.05) is 36.4 Å². The number of ether oxygens (including phenoxy) is 2. The molecule has 7 nitrogen and oxygen atoms in total. The molecule has 0 bridgehead atoms. The van der Waals surface area contributed by atoms with Gasteiger partial charge in [-0.25, -0.2) is 9.48 Å². The van der Waals surface area contributed by atoms with E-state index < -0.39 is 11.9 Å². The van der Waals surface area contributed by atoms with E-state index in [1.807, 2.05) is 73.1 Å². The van der Waals surface area contributed by atoms with Crippen molar-refractivity contribution in [3.05, 3.63) is 83.2 Å². The number of benzene rings is 2. The molecule has 0 aliphatic carbocycles. The minimum atomic E-state index is -0.598. The summed E-state index contributed by atoms with van der Waals surface area (Å²) < 4.78 is 12.1. The van der Waals surface area contributed by atoms with Crippen molar-refractivity contribution < 1.29 is 19.1 Å². The third-order valence-corrected chi connectivity index (χ3v) is 4.75. The molecule has 0 aliphatic rings. The van der Waals surface area contributed by atoms with Gasteiger partial charge in [0.05, 0.1) is 18.5 Å². The van der Waals surface area contributed by atoms with Crippen LogP contribution in [0.3, 0.4) is 0 Å². The predicted molar refractivity (Wildman–Crippen MR) is 118 cm³/mol. The van der Waals surface area contributed by atoms with E-state index in [0.717, 1.165) is 28.2 Å². The monoisotopic (exact) mass is 419 g/mol. The van der Waals surface area contributed by atoms with Crippen molar-refractivity contribution in [3.8, 4) is 11.4 Å². The highest BCUT2D eigenvalue weighted by Crippen LogP contribution is 2.19. The smallest absolute Gasteiger partial charge is 0.331 e. The Morgan fingerprint density at radius 2 is 1.77 bits per heavy atom. The highest BCUT2D eigenvalue weighted by atomic mass is 16.5. The number of carbonyl (C=O) groups excluding carboxylic acids is 2. The number of carbonyl (C=O) groups is 2. The summed E-state index contributed by atoms with van der Waals surface area (Å²) in [7, 11) is 1.57. The van der Waals surface area contributed by atoms with E-state index in [2.05, 4.69) is 10.4 Å². The molecule has 31 heavy (non-hydrogen) atoms. The molecule has 1 heterocycles. The summed E-state index contributed by atoms with van der Waals surface area (Å²) in [4.78, 5) is 24.1. The second kappa shape index (κ2) is 10.2. The molecular weight excluding hydrogens is 394 g/mol. The maximum Gasteiger partial charge on any atom is 0.331 e. The topological polar surface area (TPSA) is 82.4 Å². The van der Waals surface area contributed by atoms with Crippen LogP contribution in [-0.4, -0.2) is 35.4 Å². The van der Waals surface area contributed by atoms with Crippen LogP contribution in [0.5, 0.6) is 5.75 Å². The Morgan fingerprint density at radius 3 is 2.52 bits per heavy atom. The van der Waals surface area contributed by atoms with Gasteiger partial charge in [0.1, 0.15) is 5.75 Å². The molecule has 0 unspecified atom stereocenters. The molecule has 0 atom stereocenters. The number of nitrogens with zero attached hydrogens (tertiary/aromatic N) is 2. The maximum absolute atomic E-state index is 12.1. The Balaban J connectivity index is 1.54. The van der Waals surface area contributed by atoms with Crippen molar-refractivity contribution >= 4 is 18.0 Å². The van der Waals surface area contributed by atoms with Crippen LogP contribution >= 0.6 is 0 Å². The van der Waals surface area contributed by atoms with Gasteiger partial charge in [-0.3, -0.25) is 4.79 Å². The lowest BCUT2D eigenvalue weighted by molar-refractivity contribution is -0.143. The second-order valence-corrected chi connectivity index (χ2v) is 6.86. The number of para-hydroxylation sites is 2. The van der Waals surface area contributed by atoms with E-state index in [1.54, 1.807) is 13.2 Å². The van der Waals surface area contributed by atoms with Crippen LogP contribution in [0.4, 0.5) is 0 Å². The Labute approximate surface area is 181 Å². The molecule has 1 amide bonds. The van der Waals surface area contributed by atoms with Crippen molar-refractivity contribution in [2.45, 2.75) is 20.4 Å². The molecule has 1 N–H and O–H groups in total. The van der Waals surface area contributed by atoms with Gasteiger partial charge in [0.25, 0.3) is 5.91 Å². The first kappa shape index (κ1) is 21.8. The first-order valence-electron chi connectivity index (χ1n) is 9.84. The van der Waals surface area contributed by atoms with E-state index >= 15 is 0 Å². The number of hydrogen-bond donors (Lipinski definition) is 1. The molecule has 2 aromatic carbocycles. The molecule has 7 heteroatoms. The number of nitrogens with one attached hydrogen (secondary N) is 1. The molecule has 0 saturated carbocycles. The zero-order valence-corrected chi connectivity index (χ0v) is 17.8. The highest BCUT2D eigenvalue weighted by Gasteiger charge is 2.12. The minimum Gasteiger partial charge on any atom is -0.496 e. The van der Waals surface area contributed by atoms with E-state index in [4.69, 9.17) is 9.47 Å². The molecule has 3 aromatic rings. The van der Waals surface area contributed by atoms with Crippen LogP contribution < -0.4 is 10.1 Å². The fourth-order valence-electron chi connectivity index (χ4n) is 3.15. The number of rotatable bonds is 8. The van der Waals surface area contributed by atoms with E-state index in [1.165, 1.54) is 6.08 Å². The zero-order valence-electron chi connectivity index (χ0n) is 17.8. The summed E-state index contributed by atoms with van der Waals surface area (Å²) in [5, 5.41) is 7.25. The lowest BCUT2D eigenvalue weighted by Gasteiger charge is -2.09. The lowest BCUT2D eigenvalue weighted by Crippen LogP contribution is -2.28. The Bertz CT molecular complexity index is 1090. The van der Waals surface area contributed by atoms with Crippen molar-refractivity contribution in [2.75, 3.05) is 13.7 Å². The predicted octanol–water partition coefficient (Wildman–Crippen LogP) is 3.37. The standard InChI is InChI=1S/C24H25N3O4/c1-17-21(18(2)27(26-17)20-10-5-4-6-11-20)13-14-24(29)31-16-23(28)25-15-19-9-7-8-12-22(19)30-3/h4-14H,15-16H2,1-3H3,(H,25,28). The molecule has 0 radical (unpaired) electrons. The number of methoxy groups -OCH3 is 1. The van der Waals surface area contributed by atoms with Crippen LogP contribution in [0.25, 0.3) is 11.8 Å². The van der Waals surface area contributed by atoms with Gasteiger partial charge in [0.2, 0.25) is 0 Å². The lowest BCUT2D eigenvalue weighted by atomic mass is 10.2. The van der Waals surface area contributed by atoms with Crippen molar-refractivity contribution in [1.29, 1.82) is 0 Å². The van der Waals surface area contributed by atoms with Crippen molar-refractivity contribution in [2.24, 2.45) is 0 Å². The first-order valence-corrected chi connectivity index (χ1v) is 9.84. The average molecular weight is 419 g/mol. The zero-order chi connectivity index (χ0) is 22.2. The van der Waals surface area contributed by atoms with Gasteiger partial charge < -0.3 is 14.8 Å². The fourth-order valence-corrected chi connectivity index (χ4v) is 3.15. The molecule has 1 aromatic heterocycles. The van der Waals surface area contributed by atoms with Gasteiger partial charge in [0, 0.05) is 29.4 Å². The van der Waals surface area contributed by atoms with Gasteiger partial charge in [-0.05, 0) is 38.1 Å². The number of aromatic nitrogens is 2. The summed E-state index contributed by atoms with van der Waals surface area (Å²) in [6, 6.07) is 17.1. The Kier molecular flexibility index (Phi) is 7.22. The quantitative estimate of drug-likeness (QED) is 0.447. The number of amides is 1. The third kappa shape index (κ3) is 5.60. The molecule has 0 saturated heterocycles. The Hall–Kier alpha value is -3.87. The normalized spacial score (nSPS) is 10.8. The third-order valence-electron chi connectivity index (χ3n) is 4.75. The van der Waals surface area contributed by atoms with E-state index in [0.29, 0.717) is 5.75 Å². The van der Waals surface area contributed by atoms with Gasteiger partial charge in [0.15, 0.2) is 6.61 Å². The number of esters is 1. The second-order valence-electron chi connectivity index (χ2n) is 6.86. The van der Waals surface area contributed by atoms with Crippen molar-refractivity contribution in [3.63, 3.8) is 0 Å². The van der Waals surface area contributed by atoms with Gasteiger partial charge in [-0.2, -0.15) is 5.10 Å². The summed E-state index contributed by atoms with van der Waals surface area (Å²) in [5.41, 5.74) is 4.31. The SMILES string of the molecule is COc1ccccc1CNC(=O)COC(=O)C=Cc1c(C)nn(-c2ccccc2)c1C. The van der Waals surface area contributed by atoms with Crippen LogP contribution in [0.2, 0.25) is 0 Å². The number of hydrogen-bond acceptors (Lipinski definition) is 5. The van der Waals surface area contributed by atoms with Crippen molar-refractivity contribution in [1.82, 2.24) is 15.1 Å². The van der Waals surface area contributed by atoms with Gasteiger partial charge >= 0.3 is 5.97 Å². The molecule has 0 fully saturated rings. The highest BCUT2D eigenvalue weighted by molar-refractivity contribution is 5.89. The van der Waals surface area contributed by atoms with Crippen LogP contribution in [0.15, 0.2) is 60.7 Å². The Morgan fingerprint density at radius 1 is 1.06 bits per heavy atom.